The van der Waals surface area contributed by atoms with Gasteiger partial charge >= 0.3 is 0 Å². The van der Waals surface area contributed by atoms with E-state index in [1.54, 1.807) is 40.5 Å². The molecule has 2 N–H and O–H groups in total. The molecule has 1 fully saturated rings. The molecule has 1 aliphatic rings. The predicted octanol–water partition coefficient (Wildman–Crippen LogP) is 3.57. The summed E-state index contributed by atoms with van der Waals surface area (Å²) in [6.45, 7) is 0.559. The number of ether oxygens (including phenoxy) is 1. The number of benzene rings is 2. The number of nitrogens with zero attached hydrogens (tertiary/aromatic N) is 1. The summed E-state index contributed by atoms with van der Waals surface area (Å²) in [6, 6.07) is 16.1. The smallest absolute Gasteiger partial charge is 0.262 e. The van der Waals surface area contributed by atoms with Crippen molar-refractivity contribution < 1.29 is 23.5 Å². The van der Waals surface area contributed by atoms with Gasteiger partial charge in [-0.2, -0.15) is 0 Å². The molecule has 4 rings (SSSR count). The van der Waals surface area contributed by atoms with Crippen LogP contribution in [0.4, 0.5) is 15.8 Å². The molecule has 1 atom stereocenters. The molecule has 2 heterocycles. The fourth-order valence-electron chi connectivity index (χ4n) is 3.47. The topological polar surface area (TPSA) is 87.7 Å². The Hall–Kier alpha value is -3.72. The molecule has 1 aromatic heterocycles. The van der Waals surface area contributed by atoms with Gasteiger partial charge in [0, 0.05) is 29.2 Å². The molecular weight excluding hydrogens is 445 g/mol. The Morgan fingerprint density at radius 1 is 1.09 bits per heavy atom. The van der Waals surface area contributed by atoms with Crippen molar-refractivity contribution in [3.63, 3.8) is 0 Å². The number of carbonyl (C=O) groups is 3. The van der Waals surface area contributed by atoms with Gasteiger partial charge < -0.3 is 20.3 Å². The van der Waals surface area contributed by atoms with E-state index in [-0.39, 0.29) is 36.6 Å². The first kappa shape index (κ1) is 22.5. The maximum Gasteiger partial charge on any atom is 0.262 e. The van der Waals surface area contributed by atoms with E-state index in [2.05, 4.69) is 10.6 Å². The molecule has 0 bridgehead atoms. The largest absolute Gasteiger partial charge is 0.484 e. The van der Waals surface area contributed by atoms with Crippen LogP contribution in [0.5, 0.6) is 5.75 Å². The fraction of sp³-hybridized carbons (Fsp3) is 0.208. The minimum Gasteiger partial charge on any atom is -0.484 e. The molecule has 0 aliphatic carbocycles. The molecule has 0 saturated carbocycles. The third-order valence-electron chi connectivity index (χ3n) is 5.16. The highest BCUT2D eigenvalue weighted by Gasteiger charge is 2.35. The normalized spacial score (nSPS) is 15.4. The second-order valence-electron chi connectivity index (χ2n) is 7.54. The predicted molar refractivity (Wildman–Crippen MR) is 124 cm³/mol. The number of hydrogen-bond acceptors (Lipinski definition) is 5. The van der Waals surface area contributed by atoms with Crippen molar-refractivity contribution in [2.75, 3.05) is 23.4 Å². The van der Waals surface area contributed by atoms with Crippen molar-refractivity contribution >= 4 is 40.4 Å². The van der Waals surface area contributed by atoms with Crippen LogP contribution in [0.25, 0.3) is 0 Å². The van der Waals surface area contributed by atoms with Gasteiger partial charge in [0.2, 0.25) is 11.8 Å². The first-order valence-corrected chi connectivity index (χ1v) is 11.2. The molecular formula is C24H22FN3O4S. The summed E-state index contributed by atoms with van der Waals surface area (Å²) in [6.07, 6.45) is 0.165. The molecule has 3 amide bonds. The average Bonchev–Trinajstić information content (AvgIpc) is 3.48. The zero-order chi connectivity index (χ0) is 23.2. The highest BCUT2D eigenvalue weighted by atomic mass is 32.1. The number of nitrogens with one attached hydrogen (secondary N) is 2. The van der Waals surface area contributed by atoms with E-state index in [0.717, 1.165) is 4.88 Å². The zero-order valence-electron chi connectivity index (χ0n) is 17.6. The van der Waals surface area contributed by atoms with Crippen LogP contribution in [-0.4, -0.2) is 30.9 Å². The lowest BCUT2D eigenvalue weighted by Gasteiger charge is -2.17. The Morgan fingerprint density at radius 3 is 2.55 bits per heavy atom. The minimum absolute atomic E-state index is 0.112. The quantitative estimate of drug-likeness (QED) is 0.530. The van der Waals surface area contributed by atoms with E-state index in [4.69, 9.17) is 4.74 Å². The third-order valence-corrected chi connectivity index (χ3v) is 6.04. The van der Waals surface area contributed by atoms with Crippen molar-refractivity contribution in [3.05, 3.63) is 76.7 Å². The van der Waals surface area contributed by atoms with Gasteiger partial charge in [0.05, 0.1) is 12.5 Å². The Labute approximate surface area is 194 Å². The number of amides is 3. The SMILES string of the molecule is O=C(COc1ccc(N2C[C@@H](C(=O)NCc3cccs3)CC2=O)cc1)Nc1ccc(F)cc1. The van der Waals surface area contributed by atoms with Crippen LogP contribution in [0.3, 0.4) is 0 Å². The van der Waals surface area contributed by atoms with Crippen LogP contribution in [0.1, 0.15) is 11.3 Å². The number of thiophene rings is 1. The molecule has 0 unspecified atom stereocenters. The maximum absolute atomic E-state index is 12.9. The molecule has 3 aromatic rings. The van der Waals surface area contributed by atoms with Crippen molar-refractivity contribution in [2.24, 2.45) is 5.92 Å². The van der Waals surface area contributed by atoms with Gasteiger partial charge in [-0.05, 0) is 60.0 Å². The summed E-state index contributed by atoms with van der Waals surface area (Å²) >= 11 is 1.57. The van der Waals surface area contributed by atoms with Crippen LogP contribution in [0.2, 0.25) is 0 Å². The molecule has 7 nitrogen and oxygen atoms in total. The Bertz CT molecular complexity index is 1120. The van der Waals surface area contributed by atoms with Crippen molar-refractivity contribution in [2.45, 2.75) is 13.0 Å². The number of hydrogen-bond donors (Lipinski definition) is 2. The van der Waals surface area contributed by atoms with E-state index in [1.807, 2.05) is 17.5 Å². The molecule has 33 heavy (non-hydrogen) atoms. The molecule has 0 radical (unpaired) electrons. The van der Waals surface area contributed by atoms with E-state index >= 15 is 0 Å². The second kappa shape index (κ2) is 10.3. The van der Waals surface area contributed by atoms with E-state index in [9.17, 15) is 18.8 Å². The van der Waals surface area contributed by atoms with Gasteiger partial charge in [0.1, 0.15) is 11.6 Å². The van der Waals surface area contributed by atoms with Gasteiger partial charge in [-0.1, -0.05) is 6.07 Å². The third kappa shape index (κ3) is 5.95. The summed E-state index contributed by atoms with van der Waals surface area (Å²) in [7, 11) is 0. The van der Waals surface area contributed by atoms with Crippen molar-refractivity contribution in [3.8, 4) is 5.75 Å². The van der Waals surface area contributed by atoms with Crippen molar-refractivity contribution in [1.29, 1.82) is 0 Å². The molecule has 1 saturated heterocycles. The van der Waals surface area contributed by atoms with E-state index < -0.39 is 5.92 Å². The first-order chi connectivity index (χ1) is 16.0. The minimum atomic E-state index is -0.399. The fourth-order valence-corrected chi connectivity index (χ4v) is 4.11. The number of rotatable bonds is 8. The van der Waals surface area contributed by atoms with Crippen LogP contribution in [0.15, 0.2) is 66.0 Å². The summed E-state index contributed by atoms with van der Waals surface area (Å²) in [5, 5.41) is 7.46. The molecule has 2 aromatic carbocycles. The Balaban J connectivity index is 1.26. The Morgan fingerprint density at radius 2 is 1.85 bits per heavy atom. The van der Waals surface area contributed by atoms with Gasteiger partial charge in [0.25, 0.3) is 5.91 Å². The summed E-state index contributed by atoms with van der Waals surface area (Å²) in [5.74, 6) is -0.943. The van der Waals surface area contributed by atoms with Gasteiger partial charge in [0.15, 0.2) is 6.61 Å². The monoisotopic (exact) mass is 467 g/mol. The number of anilines is 2. The molecule has 1 aliphatic heterocycles. The van der Waals surface area contributed by atoms with E-state index in [1.165, 1.54) is 24.3 Å². The van der Waals surface area contributed by atoms with E-state index in [0.29, 0.717) is 30.2 Å². The van der Waals surface area contributed by atoms with Gasteiger partial charge in [-0.25, -0.2) is 4.39 Å². The first-order valence-electron chi connectivity index (χ1n) is 10.4. The number of halogens is 1. The lowest BCUT2D eigenvalue weighted by atomic mass is 10.1. The van der Waals surface area contributed by atoms with Crippen LogP contribution in [-0.2, 0) is 20.9 Å². The lowest BCUT2D eigenvalue weighted by molar-refractivity contribution is -0.126. The van der Waals surface area contributed by atoms with Crippen LogP contribution < -0.4 is 20.3 Å². The molecule has 9 heteroatoms. The summed E-state index contributed by atoms with van der Waals surface area (Å²) in [4.78, 5) is 39.6. The molecule has 0 spiro atoms. The Kier molecular flexibility index (Phi) is 6.99. The standard InChI is InChI=1S/C24H22FN3O4S/c25-17-3-5-18(6-4-17)27-22(29)15-32-20-9-7-19(8-10-20)28-14-16(12-23(28)30)24(31)26-13-21-2-1-11-33-21/h1-11,16H,12-15H2,(H,26,31)(H,27,29)/t16-/m0/s1. The zero-order valence-corrected chi connectivity index (χ0v) is 18.4. The van der Waals surface area contributed by atoms with Gasteiger partial charge in [-0.15, -0.1) is 11.3 Å². The number of carbonyl (C=O) groups excluding carboxylic acids is 3. The summed E-state index contributed by atoms with van der Waals surface area (Å²) in [5.41, 5.74) is 1.14. The van der Waals surface area contributed by atoms with Crippen molar-refractivity contribution in [1.82, 2.24) is 5.32 Å². The maximum atomic E-state index is 12.9. The van der Waals surface area contributed by atoms with Crippen LogP contribution in [0, 0.1) is 11.7 Å². The summed E-state index contributed by atoms with van der Waals surface area (Å²) < 4.78 is 18.4. The second-order valence-corrected chi connectivity index (χ2v) is 8.57. The van der Waals surface area contributed by atoms with Crippen LogP contribution >= 0.6 is 11.3 Å². The highest BCUT2D eigenvalue weighted by molar-refractivity contribution is 7.09. The lowest BCUT2D eigenvalue weighted by Crippen LogP contribution is -2.32. The molecule has 170 valence electrons. The van der Waals surface area contributed by atoms with Gasteiger partial charge in [-0.3, -0.25) is 14.4 Å². The highest BCUT2D eigenvalue weighted by Crippen LogP contribution is 2.27. The average molecular weight is 468 g/mol.